The van der Waals surface area contributed by atoms with Gasteiger partial charge in [0.15, 0.2) is 0 Å². The van der Waals surface area contributed by atoms with Gasteiger partial charge in [0.05, 0.1) is 24.3 Å². The Morgan fingerprint density at radius 3 is 2.64 bits per heavy atom. The molecule has 0 unspecified atom stereocenters. The first-order valence-electron chi connectivity index (χ1n) is 7.68. The van der Waals surface area contributed by atoms with Gasteiger partial charge in [-0.15, -0.1) is 0 Å². The topological polar surface area (TPSA) is 71.5 Å². The Bertz CT molecular complexity index is 525. The molecule has 0 radical (unpaired) electrons. The van der Waals surface area contributed by atoms with Crippen LogP contribution in [0.15, 0.2) is 18.5 Å². The van der Waals surface area contributed by atoms with Crippen LogP contribution < -0.4 is 5.32 Å². The van der Waals surface area contributed by atoms with Crippen LogP contribution in [0.5, 0.6) is 0 Å². The third-order valence-electron chi connectivity index (χ3n) is 3.55. The van der Waals surface area contributed by atoms with Gasteiger partial charge in [-0.1, -0.05) is 13.8 Å². The van der Waals surface area contributed by atoms with E-state index in [0.717, 1.165) is 6.42 Å². The van der Waals surface area contributed by atoms with Gasteiger partial charge in [-0.3, -0.25) is 14.6 Å². The minimum Gasteiger partial charge on any atom is -0.378 e. The van der Waals surface area contributed by atoms with E-state index in [1.807, 2.05) is 0 Å². The zero-order valence-corrected chi connectivity index (χ0v) is 13.2. The molecule has 6 heteroatoms. The molecule has 0 atom stereocenters. The highest BCUT2D eigenvalue weighted by Crippen LogP contribution is 2.09. The third-order valence-corrected chi connectivity index (χ3v) is 3.55. The van der Waals surface area contributed by atoms with E-state index >= 15 is 0 Å². The van der Waals surface area contributed by atoms with Crippen molar-refractivity contribution < 1.29 is 14.3 Å². The van der Waals surface area contributed by atoms with Crippen molar-refractivity contribution in [3.05, 3.63) is 29.6 Å². The molecule has 6 nitrogen and oxygen atoms in total. The van der Waals surface area contributed by atoms with Crippen molar-refractivity contribution in [1.29, 1.82) is 0 Å². The average Bonchev–Trinajstić information content (AvgIpc) is 2.54. The molecular weight excluding hydrogens is 282 g/mol. The van der Waals surface area contributed by atoms with E-state index in [0.29, 0.717) is 49.9 Å². The van der Waals surface area contributed by atoms with E-state index in [1.165, 1.54) is 12.4 Å². The van der Waals surface area contributed by atoms with Crippen molar-refractivity contribution in [3.8, 4) is 0 Å². The highest BCUT2D eigenvalue weighted by molar-refractivity contribution is 5.99. The van der Waals surface area contributed by atoms with Crippen molar-refractivity contribution >= 4 is 11.8 Å². The van der Waals surface area contributed by atoms with Crippen LogP contribution in [0.25, 0.3) is 0 Å². The molecule has 1 aromatic rings. The zero-order valence-electron chi connectivity index (χ0n) is 13.2. The minimum atomic E-state index is -0.190. The summed E-state index contributed by atoms with van der Waals surface area (Å²) in [6, 6.07) is 1.61. The monoisotopic (exact) mass is 305 g/mol. The van der Waals surface area contributed by atoms with Gasteiger partial charge >= 0.3 is 0 Å². The Morgan fingerprint density at radius 1 is 1.27 bits per heavy atom. The molecule has 0 spiro atoms. The maximum Gasteiger partial charge on any atom is 0.255 e. The van der Waals surface area contributed by atoms with Gasteiger partial charge in [0.25, 0.3) is 11.8 Å². The lowest BCUT2D eigenvalue weighted by atomic mass is 10.1. The molecule has 1 aliphatic heterocycles. The number of nitrogens with zero attached hydrogens (tertiary/aromatic N) is 2. The predicted molar refractivity (Wildman–Crippen MR) is 82.7 cm³/mol. The van der Waals surface area contributed by atoms with Gasteiger partial charge in [-0.2, -0.15) is 0 Å². The molecule has 22 heavy (non-hydrogen) atoms. The van der Waals surface area contributed by atoms with Crippen LogP contribution in [0.2, 0.25) is 0 Å². The number of hydrogen-bond acceptors (Lipinski definition) is 4. The van der Waals surface area contributed by atoms with Crippen molar-refractivity contribution in [2.24, 2.45) is 5.92 Å². The lowest BCUT2D eigenvalue weighted by molar-refractivity contribution is 0.0302. The molecule has 1 saturated heterocycles. The van der Waals surface area contributed by atoms with Crippen molar-refractivity contribution in [3.63, 3.8) is 0 Å². The van der Waals surface area contributed by atoms with Crippen LogP contribution in [0.3, 0.4) is 0 Å². The molecule has 1 fully saturated rings. The molecule has 1 N–H and O–H groups in total. The van der Waals surface area contributed by atoms with Gasteiger partial charge in [-0.05, 0) is 18.4 Å². The number of amides is 2. The van der Waals surface area contributed by atoms with Crippen LogP contribution in [-0.2, 0) is 4.74 Å². The number of pyridine rings is 1. The van der Waals surface area contributed by atoms with E-state index in [9.17, 15) is 9.59 Å². The number of carbonyl (C=O) groups excluding carboxylic acids is 2. The number of ether oxygens (including phenoxy) is 1. The quantitative estimate of drug-likeness (QED) is 0.891. The summed E-state index contributed by atoms with van der Waals surface area (Å²) in [7, 11) is 0. The Labute approximate surface area is 130 Å². The van der Waals surface area contributed by atoms with Gasteiger partial charge in [0, 0.05) is 32.0 Å². The Morgan fingerprint density at radius 2 is 1.95 bits per heavy atom. The van der Waals surface area contributed by atoms with E-state index < -0.39 is 0 Å². The molecule has 1 aromatic heterocycles. The molecule has 2 rings (SSSR count). The van der Waals surface area contributed by atoms with Gasteiger partial charge < -0.3 is 15.0 Å². The maximum absolute atomic E-state index is 12.4. The highest BCUT2D eigenvalue weighted by atomic mass is 16.5. The predicted octanol–water partition coefficient (Wildman–Crippen LogP) is 1.33. The van der Waals surface area contributed by atoms with Gasteiger partial charge in [0.1, 0.15) is 0 Å². The molecular formula is C16H23N3O3. The number of aromatic nitrogens is 1. The zero-order chi connectivity index (χ0) is 15.9. The summed E-state index contributed by atoms with van der Waals surface area (Å²) in [5.74, 6) is 0.241. The molecule has 2 amide bonds. The first-order chi connectivity index (χ1) is 10.6. The number of morpholine rings is 1. The number of hydrogen-bond donors (Lipinski definition) is 1. The lowest BCUT2D eigenvalue weighted by Gasteiger charge is -2.26. The number of rotatable bonds is 5. The second kappa shape index (κ2) is 7.89. The van der Waals surface area contributed by atoms with Gasteiger partial charge in [-0.25, -0.2) is 0 Å². The van der Waals surface area contributed by atoms with Crippen molar-refractivity contribution in [2.75, 3.05) is 32.8 Å². The summed E-state index contributed by atoms with van der Waals surface area (Å²) < 4.78 is 5.24. The maximum atomic E-state index is 12.4. The summed E-state index contributed by atoms with van der Waals surface area (Å²) in [5.41, 5.74) is 0.862. The minimum absolute atomic E-state index is 0.104. The largest absolute Gasteiger partial charge is 0.378 e. The van der Waals surface area contributed by atoms with Gasteiger partial charge in [0.2, 0.25) is 0 Å². The van der Waals surface area contributed by atoms with Crippen molar-refractivity contribution in [2.45, 2.75) is 20.3 Å². The Hall–Kier alpha value is -1.95. The van der Waals surface area contributed by atoms with E-state index in [2.05, 4.69) is 24.1 Å². The molecule has 2 heterocycles. The van der Waals surface area contributed by atoms with E-state index in [-0.39, 0.29) is 11.8 Å². The molecule has 0 bridgehead atoms. The molecule has 1 aliphatic rings. The summed E-state index contributed by atoms with van der Waals surface area (Å²) in [6.07, 6.45) is 3.91. The number of nitrogens with one attached hydrogen (secondary N) is 1. The summed E-state index contributed by atoms with van der Waals surface area (Å²) in [6.45, 7) is 7.08. The molecule has 0 aliphatic carbocycles. The fraction of sp³-hybridized carbons (Fsp3) is 0.562. The van der Waals surface area contributed by atoms with Crippen LogP contribution >= 0.6 is 0 Å². The Kier molecular flexibility index (Phi) is 5.89. The summed E-state index contributed by atoms with van der Waals surface area (Å²) in [4.78, 5) is 30.2. The fourth-order valence-corrected chi connectivity index (χ4v) is 2.21. The smallest absolute Gasteiger partial charge is 0.255 e. The Balaban J connectivity index is 1.99. The first kappa shape index (κ1) is 16.4. The van der Waals surface area contributed by atoms with Crippen LogP contribution in [0.4, 0.5) is 0 Å². The second-order valence-electron chi connectivity index (χ2n) is 5.81. The van der Waals surface area contributed by atoms with Crippen LogP contribution in [-0.4, -0.2) is 54.5 Å². The van der Waals surface area contributed by atoms with E-state index in [1.54, 1.807) is 11.0 Å². The normalized spacial score (nSPS) is 15.0. The summed E-state index contributed by atoms with van der Waals surface area (Å²) in [5, 5.41) is 2.85. The van der Waals surface area contributed by atoms with E-state index in [4.69, 9.17) is 4.74 Å². The third kappa shape index (κ3) is 4.53. The summed E-state index contributed by atoms with van der Waals surface area (Å²) >= 11 is 0. The van der Waals surface area contributed by atoms with Crippen LogP contribution in [0.1, 0.15) is 41.0 Å². The molecule has 0 saturated carbocycles. The number of carbonyl (C=O) groups is 2. The van der Waals surface area contributed by atoms with Crippen molar-refractivity contribution in [1.82, 2.24) is 15.2 Å². The first-order valence-corrected chi connectivity index (χ1v) is 7.68. The standard InChI is InChI=1S/C16H23N3O3/c1-12(2)3-4-18-15(20)13-9-14(11-17-10-13)16(21)19-5-7-22-8-6-19/h9-12H,3-8H2,1-2H3,(H,18,20). The fourth-order valence-electron chi connectivity index (χ4n) is 2.21. The molecule has 120 valence electrons. The van der Waals surface area contributed by atoms with Crippen LogP contribution in [0, 0.1) is 5.92 Å². The molecule has 0 aromatic carbocycles. The lowest BCUT2D eigenvalue weighted by Crippen LogP contribution is -2.40. The SMILES string of the molecule is CC(C)CCNC(=O)c1cncc(C(=O)N2CCOCC2)c1. The second-order valence-corrected chi connectivity index (χ2v) is 5.81. The highest BCUT2D eigenvalue weighted by Gasteiger charge is 2.19. The average molecular weight is 305 g/mol.